The third-order valence-electron chi connectivity index (χ3n) is 2.81. The highest BCUT2D eigenvalue weighted by molar-refractivity contribution is 7.99. The number of rotatable bonds is 2. The summed E-state index contributed by atoms with van der Waals surface area (Å²) in [6, 6.07) is 12.6. The predicted molar refractivity (Wildman–Crippen MR) is 62.8 cm³/mol. The first kappa shape index (κ1) is 10.5. The number of quaternary nitrogens is 1. The summed E-state index contributed by atoms with van der Waals surface area (Å²) in [5.74, 6) is 2.36. The van der Waals surface area contributed by atoms with Gasteiger partial charge in [0, 0.05) is 17.1 Å². The second-order valence-corrected chi connectivity index (χ2v) is 4.97. The van der Waals surface area contributed by atoms with E-state index in [-0.39, 0.29) is 6.04 Å². The van der Waals surface area contributed by atoms with Crippen molar-refractivity contribution in [2.45, 2.75) is 6.04 Å². The Balaban J connectivity index is 2.14. The normalized spacial score (nSPS) is 19.4. The van der Waals surface area contributed by atoms with Crippen LogP contribution in [0.5, 0.6) is 0 Å². The van der Waals surface area contributed by atoms with Crippen molar-refractivity contribution in [3.8, 4) is 6.07 Å². The maximum Gasteiger partial charge on any atom is 0.200 e. The Bertz CT molecular complexity index is 338. The van der Waals surface area contributed by atoms with Crippen LogP contribution in [0.2, 0.25) is 0 Å². The lowest BCUT2D eigenvalue weighted by molar-refractivity contribution is -0.919. The molecular weight excluding hydrogens is 204 g/mol. The van der Waals surface area contributed by atoms with Crippen molar-refractivity contribution in [1.29, 1.82) is 5.26 Å². The molecule has 1 saturated heterocycles. The highest BCUT2D eigenvalue weighted by Crippen LogP contribution is 2.09. The molecule has 0 aromatic heterocycles. The van der Waals surface area contributed by atoms with E-state index in [1.54, 1.807) is 0 Å². The van der Waals surface area contributed by atoms with Gasteiger partial charge in [0.15, 0.2) is 0 Å². The third kappa shape index (κ3) is 2.53. The van der Waals surface area contributed by atoms with Crippen LogP contribution in [0.25, 0.3) is 0 Å². The first-order valence-corrected chi connectivity index (χ1v) is 6.44. The number of hydrogen-bond acceptors (Lipinski definition) is 2. The van der Waals surface area contributed by atoms with Gasteiger partial charge in [0.1, 0.15) is 6.07 Å². The largest absolute Gasteiger partial charge is 0.315 e. The number of thioether (sulfide) groups is 1. The van der Waals surface area contributed by atoms with Crippen molar-refractivity contribution in [2.75, 3.05) is 24.6 Å². The lowest BCUT2D eigenvalue weighted by Gasteiger charge is -2.27. The smallest absolute Gasteiger partial charge is 0.200 e. The molecule has 2 rings (SSSR count). The molecule has 1 fully saturated rings. The Labute approximate surface area is 94.9 Å². The minimum atomic E-state index is 0.0205. The molecule has 3 heteroatoms. The summed E-state index contributed by atoms with van der Waals surface area (Å²) in [5, 5.41) is 9.25. The van der Waals surface area contributed by atoms with Crippen LogP contribution in [0.4, 0.5) is 0 Å². The van der Waals surface area contributed by atoms with Crippen molar-refractivity contribution in [1.82, 2.24) is 0 Å². The zero-order valence-corrected chi connectivity index (χ0v) is 9.46. The summed E-state index contributed by atoms with van der Waals surface area (Å²) < 4.78 is 0. The summed E-state index contributed by atoms with van der Waals surface area (Å²) in [5.41, 5.74) is 1.15. The van der Waals surface area contributed by atoms with Gasteiger partial charge in [-0.2, -0.15) is 17.0 Å². The van der Waals surface area contributed by atoms with Crippen LogP contribution in [0.3, 0.4) is 0 Å². The van der Waals surface area contributed by atoms with E-state index in [1.807, 2.05) is 30.0 Å². The van der Waals surface area contributed by atoms with Gasteiger partial charge in [-0.3, -0.25) is 0 Å². The third-order valence-corrected chi connectivity index (χ3v) is 3.79. The van der Waals surface area contributed by atoms with Gasteiger partial charge in [0.25, 0.3) is 0 Å². The fraction of sp³-hybridized carbons (Fsp3) is 0.417. The highest BCUT2D eigenvalue weighted by atomic mass is 32.2. The first-order chi connectivity index (χ1) is 7.42. The van der Waals surface area contributed by atoms with Crippen molar-refractivity contribution in [3.05, 3.63) is 35.9 Å². The van der Waals surface area contributed by atoms with E-state index in [4.69, 9.17) is 0 Å². The molecule has 1 aromatic rings. The standard InChI is InChI=1S/C12H14N2S/c13-10-12(11-4-2-1-3-5-11)14-6-8-15-9-7-14/h1-5,12H,6-9H2/p+1/t12-/m1/s1. The lowest BCUT2D eigenvalue weighted by atomic mass is 10.1. The molecule has 1 aromatic carbocycles. The van der Waals surface area contributed by atoms with E-state index in [1.165, 1.54) is 16.4 Å². The van der Waals surface area contributed by atoms with Gasteiger partial charge in [0.05, 0.1) is 13.1 Å². The van der Waals surface area contributed by atoms with Gasteiger partial charge in [0.2, 0.25) is 6.04 Å². The van der Waals surface area contributed by atoms with Crippen molar-refractivity contribution in [2.24, 2.45) is 0 Å². The average Bonchev–Trinajstić information content (AvgIpc) is 2.33. The van der Waals surface area contributed by atoms with Gasteiger partial charge < -0.3 is 4.90 Å². The van der Waals surface area contributed by atoms with Crippen LogP contribution < -0.4 is 4.90 Å². The predicted octanol–water partition coefficient (Wildman–Crippen LogP) is 0.883. The summed E-state index contributed by atoms with van der Waals surface area (Å²) in [6.45, 7) is 2.22. The quantitative estimate of drug-likeness (QED) is 0.800. The van der Waals surface area contributed by atoms with Gasteiger partial charge in [-0.1, -0.05) is 30.3 Å². The van der Waals surface area contributed by atoms with Crippen molar-refractivity contribution >= 4 is 11.8 Å². The molecule has 1 atom stereocenters. The van der Waals surface area contributed by atoms with E-state index < -0.39 is 0 Å². The van der Waals surface area contributed by atoms with E-state index in [0.29, 0.717) is 0 Å². The number of benzene rings is 1. The minimum Gasteiger partial charge on any atom is -0.315 e. The van der Waals surface area contributed by atoms with E-state index >= 15 is 0 Å². The molecule has 78 valence electrons. The maximum absolute atomic E-state index is 9.25. The van der Waals surface area contributed by atoms with Crippen LogP contribution in [0, 0.1) is 11.3 Å². The van der Waals surface area contributed by atoms with Gasteiger partial charge in [-0.05, 0) is 0 Å². The van der Waals surface area contributed by atoms with Crippen LogP contribution >= 0.6 is 11.8 Å². The number of nitrogens with one attached hydrogen (secondary N) is 1. The maximum atomic E-state index is 9.25. The number of hydrogen-bond donors (Lipinski definition) is 1. The second kappa shape index (κ2) is 5.20. The minimum absolute atomic E-state index is 0.0205. The Morgan fingerprint density at radius 3 is 2.47 bits per heavy atom. The molecule has 0 bridgehead atoms. The Morgan fingerprint density at radius 1 is 1.20 bits per heavy atom. The summed E-state index contributed by atoms with van der Waals surface area (Å²) >= 11 is 1.99. The SMILES string of the molecule is N#C[C@H](c1ccccc1)[NH+]1CCSCC1. The highest BCUT2D eigenvalue weighted by Gasteiger charge is 2.25. The molecule has 15 heavy (non-hydrogen) atoms. The van der Waals surface area contributed by atoms with Gasteiger partial charge >= 0.3 is 0 Å². The fourth-order valence-electron chi connectivity index (χ4n) is 1.97. The Morgan fingerprint density at radius 2 is 1.87 bits per heavy atom. The topological polar surface area (TPSA) is 28.2 Å². The van der Waals surface area contributed by atoms with Crippen LogP contribution in [-0.2, 0) is 0 Å². The zero-order valence-electron chi connectivity index (χ0n) is 8.65. The summed E-state index contributed by atoms with van der Waals surface area (Å²) in [6.07, 6.45) is 0. The first-order valence-electron chi connectivity index (χ1n) is 5.28. The molecule has 0 aliphatic carbocycles. The second-order valence-electron chi connectivity index (χ2n) is 3.74. The van der Waals surface area contributed by atoms with Crippen LogP contribution in [0.1, 0.15) is 11.6 Å². The van der Waals surface area contributed by atoms with E-state index in [0.717, 1.165) is 18.7 Å². The molecule has 0 spiro atoms. The van der Waals surface area contributed by atoms with Crippen molar-refractivity contribution < 1.29 is 4.90 Å². The molecule has 0 radical (unpaired) electrons. The molecule has 1 aliphatic rings. The molecule has 2 nitrogen and oxygen atoms in total. The number of nitrogens with zero attached hydrogens (tertiary/aromatic N) is 1. The van der Waals surface area contributed by atoms with Crippen LogP contribution in [0.15, 0.2) is 30.3 Å². The number of nitriles is 1. The molecule has 0 unspecified atom stereocenters. The average molecular weight is 219 g/mol. The summed E-state index contributed by atoms with van der Waals surface area (Å²) in [7, 11) is 0. The zero-order chi connectivity index (χ0) is 10.5. The molecule has 1 aliphatic heterocycles. The van der Waals surface area contributed by atoms with E-state index in [9.17, 15) is 5.26 Å². The monoisotopic (exact) mass is 219 g/mol. The van der Waals surface area contributed by atoms with Crippen LogP contribution in [-0.4, -0.2) is 24.6 Å². The van der Waals surface area contributed by atoms with E-state index in [2.05, 4.69) is 18.2 Å². The molecule has 0 saturated carbocycles. The fourth-order valence-corrected chi connectivity index (χ4v) is 2.99. The molecule has 0 amide bonds. The molecular formula is C12H15N2S+. The van der Waals surface area contributed by atoms with Gasteiger partial charge in [-0.15, -0.1) is 0 Å². The van der Waals surface area contributed by atoms with Crippen molar-refractivity contribution in [3.63, 3.8) is 0 Å². The Kier molecular flexibility index (Phi) is 3.65. The lowest BCUT2D eigenvalue weighted by Crippen LogP contribution is -3.13. The molecule has 1 N–H and O–H groups in total. The molecule has 1 heterocycles. The summed E-state index contributed by atoms with van der Waals surface area (Å²) in [4.78, 5) is 1.42. The van der Waals surface area contributed by atoms with Gasteiger partial charge in [-0.25, -0.2) is 0 Å². The Hall–Kier alpha value is -0.980.